The summed E-state index contributed by atoms with van der Waals surface area (Å²) in [5.74, 6) is 0.100. The summed E-state index contributed by atoms with van der Waals surface area (Å²) in [6.07, 6.45) is 10.4. The number of aldehydes is 1. The molecule has 5 nitrogen and oxygen atoms in total. The molecule has 0 radical (unpaired) electrons. The third kappa shape index (κ3) is 5.83. The Labute approximate surface area is 143 Å². The highest BCUT2D eigenvalue weighted by atomic mass is 16.5. The molecule has 0 bridgehead atoms. The lowest BCUT2D eigenvalue weighted by Crippen LogP contribution is -2.36. The van der Waals surface area contributed by atoms with Crippen LogP contribution in [0, 0.1) is 0 Å². The van der Waals surface area contributed by atoms with E-state index in [-0.39, 0.29) is 5.91 Å². The molecule has 1 amide bonds. The van der Waals surface area contributed by atoms with Gasteiger partial charge in [0.2, 0.25) is 11.8 Å². The Morgan fingerprint density at radius 2 is 2.08 bits per heavy atom. The number of ether oxygens (including phenoxy) is 1. The number of rotatable bonds is 3. The molecule has 1 heterocycles. The maximum absolute atomic E-state index is 12.4. The van der Waals surface area contributed by atoms with Crippen LogP contribution < -0.4 is 5.32 Å². The van der Waals surface area contributed by atoms with E-state index in [9.17, 15) is 9.59 Å². The summed E-state index contributed by atoms with van der Waals surface area (Å²) >= 11 is 0. The van der Waals surface area contributed by atoms with Crippen LogP contribution in [0.3, 0.4) is 0 Å². The number of allylic oxidation sites excluding steroid dienone is 4. The van der Waals surface area contributed by atoms with Crippen LogP contribution in [0.1, 0.15) is 26.7 Å². The maximum atomic E-state index is 12.4. The van der Waals surface area contributed by atoms with E-state index in [0.29, 0.717) is 42.2 Å². The van der Waals surface area contributed by atoms with Gasteiger partial charge in [-0.15, -0.1) is 0 Å². The highest BCUT2D eigenvalue weighted by Crippen LogP contribution is 2.13. The summed E-state index contributed by atoms with van der Waals surface area (Å²) in [7, 11) is 0. The quantitative estimate of drug-likeness (QED) is 0.639. The Kier molecular flexibility index (Phi) is 8.19. The lowest BCUT2D eigenvalue weighted by Gasteiger charge is -2.14. The number of amides is 1. The molecule has 1 N–H and O–H groups in total. The molecule has 0 fully saturated rings. The molecule has 24 heavy (non-hydrogen) atoms. The predicted molar refractivity (Wildman–Crippen MR) is 96.6 cm³/mol. The first kappa shape index (κ1) is 19.4. The summed E-state index contributed by atoms with van der Waals surface area (Å²) in [6.45, 7) is 11.3. The van der Waals surface area contributed by atoms with Gasteiger partial charge in [0.1, 0.15) is 6.29 Å². The van der Waals surface area contributed by atoms with Gasteiger partial charge in [0.25, 0.3) is 0 Å². The van der Waals surface area contributed by atoms with E-state index < -0.39 is 6.04 Å². The topological polar surface area (TPSA) is 67.8 Å². The van der Waals surface area contributed by atoms with Crippen LogP contribution in [0.4, 0.5) is 0 Å². The zero-order valence-electron chi connectivity index (χ0n) is 14.2. The third-order valence-corrected chi connectivity index (χ3v) is 3.45. The van der Waals surface area contributed by atoms with E-state index in [4.69, 9.17) is 4.74 Å². The number of hydrogen-bond donors (Lipinski definition) is 1. The minimum absolute atomic E-state index is 0.322. The molecule has 0 aliphatic carbocycles. The Hall–Kier alpha value is -2.69. The van der Waals surface area contributed by atoms with Crippen LogP contribution >= 0.6 is 0 Å². The molecule has 0 aromatic rings. The van der Waals surface area contributed by atoms with Crippen LogP contribution in [0.25, 0.3) is 0 Å². The van der Waals surface area contributed by atoms with Crippen LogP contribution in [-0.2, 0) is 14.3 Å². The molecule has 1 unspecified atom stereocenters. The fourth-order valence-electron chi connectivity index (χ4n) is 2.16. The Morgan fingerprint density at radius 3 is 2.71 bits per heavy atom. The van der Waals surface area contributed by atoms with Crippen molar-refractivity contribution in [1.82, 2.24) is 5.32 Å². The lowest BCUT2D eigenvalue weighted by atomic mass is 10.0. The number of carbonyl (C=O) groups excluding carboxylic acids is 2. The molecule has 128 valence electrons. The van der Waals surface area contributed by atoms with Crippen molar-refractivity contribution in [2.45, 2.75) is 32.7 Å². The molecular formula is C19H24N2O3. The number of nitrogens with zero attached hydrogens (tertiary/aromatic N) is 1. The minimum atomic E-state index is -0.563. The molecule has 0 saturated carbocycles. The first-order chi connectivity index (χ1) is 11.5. The van der Waals surface area contributed by atoms with Gasteiger partial charge in [0.05, 0.1) is 12.6 Å². The van der Waals surface area contributed by atoms with Crippen molar-refractivity contribution in [2.75, 3.05) is 6.61 Å². The van der Waals surface area contributed by atoms with Gasteiger partial charge in [-0.3, -0.25) is 4.79 Å². The van der Waals surface area contributed by atoms with Gasteiger partial charge >= 0.3 is 0 Å². The first-order valence-corrected chi connectivity index (χ1v) is 7.79. The Balaban J connectivity index is 3.29. The van der Waals surface area contributed by atoms with E-state index in [1.165, 1.54) is 0 Å². The Bertz CT molecular complexity index is 625. The molecular weight excluding hydrogens is 304 g/mol. The zero-order chi connectivity index (χ0) is 17.9. The van der Waals surface area contributed by atoms with Gasteiger partial charge in [-0.25, -0.2) is 4.99 Å². The van der Waals surface area contributed by atoms with Gasteiger partial charge in [0, 0.05) is 16.9 Å². The maximum Gasteiger partial charge on any atom is 0.248 e. The van der Waals surface area contributed by atoms with E-state index in [1.807, 2.05) is 12.2 Å². The third-order valence-electron chi connectivity index (χ3n) is 3.45. The molecule has 0 aromatic heterocycles. The SMILES string of the molecule is C=C\C=C1/N=C(C)/C(C=C)=C(/C)C(=O)NC(C=O)C/C=C\CCO1. The van der Waals surface area contributed by atoms with E-state index in [1.54, 1.807) is 32.1 Å². The minimum Gasteiger partial charge on any atom is -0.477 e. The van der Waals surface area contributed by atoms with Crippen molar-refractivity contribution in [2.24, 2.45) is 4.99 Å². The van der Waals surface area contributed by atoms with Crippen molar-refractivity contribution in [3.05, 3.63) is 60.6 Å². The average Bonchev–Trinajstić information content (AvgIpc) is 2.56. The fourth-order valence-corrected chi connectivity index (χ4v) is 2.16. The molecule has 0 saturated heterocycles. The summed E-state index contributed by atoms with van der Waals surface area (Å²) in [6, 6.07) is -0.563. The zero-order valence-corrected chi connectivity index (χ0v) is 14.2. The van der Waals surface area contributed by atoms with Crippen LogP contribution in [-0.4, -0.2) is 30.6 Å². The monoisotopic (exact) mass is 328 g/mol. The fraction of sp³-hybridized carbons (Fsp3) is 0.316. The normalized spacial score (nSPS) is 28.6. The number of nitrogens with one attached hydrogen (secondary N) is 1. The van der Waals surface area contributed by atoms with Crippen molar-refractivity contribution < 1.29 is 14.3 Å². The lowest BCUT2D eigenvalue weighted by molar-refractivity contribution is -0.120. The average molecular weight is 328 g/mol. The Morgan fingerprint density at radius 1 is 1.33 bits per heavy atom. The second kappa shape index (κ2) is 10.2. The standard InChI is InChI=1S/C19H24N2O3/c1-5-10-18-20-15(4)17(6-2)14(3)19(23)21-16(13-22)11-8-7-9-12-24-18/h5-8,10,13,16H,1-2,9,11-12H2,3-4H3,(H,21,23)/b8-7-,17-14-,18-10+,20-15+. The van der Waals surface area contributed by atoms with Gasteiger partial charge in [-0.2, -0.15) is 0 Å². The predicted octanol–water partition coefficient (Wildman–Crippen LogP) is 3.03. The van der Waals surface area contributed by atoms with Crippen molar-refractivity contribution in [3.8, 4) is 0 Å². The molecule has 0 spiro atoms. The smallest absolute Gasteiger partial charge is 0.248 e. The number of aliphatic imine (C=N–C) groups is 1. The molecule has 1 rings (SSSR count). The highest BCUT2D eigenvalue weighted by Gasteiger charge is 2.15. The second-order valence-electron chi connectivity index (χ2n) is 5.24. The summed E-state index contributed by atoms with van der Waals surface area (Å²) in [5, 5.41) is 2.71. The summed E-state index contributed by atoms with van der Waals surface area (Å²) < 4.78 is 5.63. The molecule has 5 heteroatoms. The first-order valence-electron chi connectivity index (χ1n) is 7.79. The van der Waals surface area contributed by atoms with Crippen LogP contribution in [0.15, 0.2) is 65.6 Å². The molecule has 1 aliphatic heterocycles. The molecule has 1 atom stereocenters. The largest absolute Gasteiger partial charge is 0.477 e. The second-order valence-corrected chi connectivity index (χ2v) is 5.24. The van der Waals surface area contributed by atoms with E-state index in [2.05, 4.69) is 23.5 Å². The van der Waals surface area contributed by atoms with E-state index >= 15 is 0 Å². The molecule has 1 aliphatic rings. The number of carbonyl (C=O) groups is 2. The number of hydrogen-bond acceptors (Lipinski definition) is 4. The van der Waals surface area contributed by atoms with Crippen LogP contribution in [0.2, 0.25) is 0 Å². The summed E-state index contributed by atoms with van der Waals surface area (Å²) in [4.78, 5) is 27.9. The summed E-state index contributed by atoms with van der Waals surface area (Å²) in [5.41, 5.74) is 1.64. The molecule has 0 aromatic carbocycles. The van der Waals surface area contributed by atoms with Crippen molar-refractivity contribution >= 4 is 17.9 Å². The van der Waals surface area contributed by atoms with E-state index in [0.717, 1.165) is 6.29 Å². The highest BCUT2D eigenvalue weighted by molar-refractivity contribution is 6.09. The van der Waals surface area contributed by atoms with Gasteiger partial charge in [-0.05, 0) is 32.8 Å². The van der Waals surface area contributed by atoms with Gasteiger partial charge in [-0.1, -0.05) is 37.5 Å². The van der Waals surface area contributed by atoms with Crippen molar-refractivity contribution in [3.63, 3.8) is 0 Å². The van der Waals surface area contributed by atoms with Crippen LogP contribution in [0.5, 0.6) is 0 Å². The van der Waals surface area contributed by atoms with Gasteiger partial charge < -0.3 is 14.8 Å². The van der Waals surface area contributed by atoms with Gasteiger partial charge in [0.15, 0.2) is 0 Å². The van der Waals surface area contributed by atoms with Crippen molar-refractivity contribution in [1.29, 1.82) is 0 Å².